The molecule has 0 spiro atoms. The van der Waals surface area contributed by atoms with E-state index in [1.54, 1.807) is 4.68 Å². The number of aromatic nitrogens is 2. The first-order chi connectivity index (χ1) is 9.68. The summed E-state index contributed by atoms with van der Waals surface area (Å²) >= 11 is 6.52. The lowest BCUT2D eigenvalue weighted by Crippen LogP contribution is -2.15. The largest absolute Gasteiger partial charge is 0.476 e. The molecule has 20 heavy (non-hydrogen) atoms. The van der Waals surface area contributed by atoms with E-state index in [0.29, 0.717) is 5.15 Å². The molecule has 2 aliphatic carbocycles. The predicted molar refractivity (Wildman–Crippen MR) is 77.5 cm³/mol. The third-order valence-corrected chi connectivity index (χ3v) is 5.15. The predicted octanol–water partition coefficient (Wildman–Crippen LogP) is 4.40. The standard InChI is InChI=1S/C15H21ClN2O2/c16-14-12(10-6-4-5-7-10)13(15(19)20)17-18(14)11-8-2-1-3-9-11/h10-11H,1-9H2,(H,19,20). The number of carboxylic acids is 1. The molecule has 0 aromatic carbocycles. The van der Waals surface area contributed by atoms with Crippen molar-refractivity contribution in [1.82, 2.24) is 9.78 Å². The molecule has 2 saturated carbocycles. The summed E-state index contributed by atoms with van der Waals surface area (Å²) in [6, 6.07) is 0.282. The second kappa shape index (κ2) is 5.76. The van der Waals surface area contributed by atoms with E-state index < -0.39 is 5.97 Å². The summed E-state index contributed by atoms with van der Waals surface area (Å²) in [5.41, 5.74) is 0.981. The lowest BCUT2D eigenvalue weighted by atomic mass is 9.95. The van der Waals surface area contributed by atoms with Gasteiger partial charge in [-0.25, -0.2) is 9.48 Å². The first-order valence-electron chi connectivity index (χ1n) is 7.69. The topological polar surface area (TPSA) is 55.1 Å². The minimum Gasteiger partial charge on any atom is -0.476 e. The molecule has 4 nitrogen and oxygen atoms in total. The van der Waals surface area contributed by atoms with Gasteiger partial charge in [-0.15, -0.1) is 0 Å². The van der Waals surface area contributed by atoms with Crippen LogP contribution in [0.1, 0.15) is 85.8 Å². The average molecular weight is 297 g/mol. The Kier molecular flexibility index (Phi) is 4.01. The Morgan fingerprint density at radius 3 is 2.30 bits per heavy atom. The second-order valence-electron chi connectivity index (χ2n) is 6.08. The van der Waals surface area contributed by atoms with Crippen molar-refractivity contribution < 1.29 is 9.90 Å². The minimum atomic E-state index is -0.941. The summed E-state index contributed by atoms with van der Waals surface area (Å²) in [5.74, 6) is -0.658. The van der Waals surface area contributed by atoms with Gasteiger partial charge in [0.25, 0.3) is 0 Å². The van der Waals surface area contributed by atoms with Crippen LogP contribution in [0.4, 0.5) is 0 Å². The second-order valence-corrected chi connectivity index (χ2v) is 6.43. The van der Waals surface area contributed by atoms with Gasteiger partial charge >= 0.3 is 5.97 Å². The third-order valence-electron chi connectivity index (χ3n) is 4.77. The van der Waals surface area contributed by atoms with Gasteiger partial charge < -0.3 is 5.11 Å². The molecule has 0 amide bonds. The van der Waals surface area contributed by atoms with Crippen LogP contribution in [-0.4, -0.2) is 20.9 Å². The number of nitrogens with zero attached hydrogens (tertiary/aromatic N) is 2. The maximum absolute atomic E-state index is 11.5. The maximum atomic E-state index is 11.5. The summed E-state index contributed by atoms with van der Waals surface area (Å²) < 4.78 is 1.80. The van der Waals surface area contributed by atoms with Gasteiger partial charge in [0.1, 0.15) is 5.15 Å². The Labute approximate surface area is 124 Å². The van der Waals surface area contributed by atoms with E-state index in [4.69, 9.17) is 11.6 Å². The quantitative estimate of drug-likeness (QED) is 0.899. The summed E-state index contributed by atoms with van der Waals surface area (Å²) in [4.78, 5) is 11.5. The van der Waals surface area contributed by atoms with Crippen molar-refractivity contribution in [3.8, 4) is 0 Å². The molecule has 0 saturated heterocycles. The van der Waals surface area contributed by atoms with E-state index in [0.717, 1.165) is 44.1 Å². The van der Waals surface area contributed by atoms with E-state index in [1.807, 2.05) is 0 Å². The van der Waals surface area contributed by atoms with Crippen LogP contribution >= 0.6 is 11.6 Å². The van der Waals surface area contributed by atoms with E-state index in [1.165, 1.54) is 19.3 Å². The van der Waals surface area contributed by atoms with E-state index >= 15 is 0 Å². The van der Waals surface area contributed by atoms with Crippen molar-refractivity contribution >= 4 is 17.6 Å². The van der Waals surface area contributed by atoms with Crippen LogP contribution in [0, 0.1) is 0 Å². The highest BCUT2D eigenvalue weighted by Crippen LogP contribution is 2.41. The number of aromatic carboxylic acids is 1. The molecule has 1 aromatic heterocycles. The van der Waals surface area contributed by atoms with Crippen molar-refractivity contribution in [3.63, 3.8) is 0 Å². The summed E-state index contributed by atoms with van der Waals surface area (Å²) in [7, 11) is 0. The highest BCUT2D eigenvalue weighted by Gasteiger charge is 2.32. The van der Waals surface area contributed by atoms with Gasteiger partial charge in [0.05, 0.1) is 6.04 Å². The zero-order valence-corrected chi connectivity index (χ0v) is 12.4. The molecule has 110 valence electrons. The van der Waals surface area contributed by atoms with Crippen LogP contribution in [0.5, 0.6) is 0 Å². The number of carboxylic acid groups (broad SMARTS) is 1. The number of carbonyl (C=O) groups is 1. The first kappa shape index (κ1) is 13.9. The van der Waals surface area contributed by atoms with Crippen molar-refractivity contribution in [3.05, 3.63) is 16.4 Å². The van der Waals surface area contributed by atoms with Crippen LogP contribution in [0.25, 0.3) is 0 Å². The fourth-order valence-electron chi connectivity index (χ4n) is 3.73. The lowest BCUT2D eigenvalue weighted by Gasteiger charge is -2.22. The van der Waals surface area contributed by atoms with Gasteiger partial charge in [0, 0.05) is 5.56 Å². The molecular weight excluding hydrogens is 276 g/mol. The number of hydrogen-bond donors (Lipinski definition) is 1. The zero-order chi connectivity index (χ0) is 14.1. The molecular formula is C15H21ClN2O2. The molecule has 1 heterocycles. The van der Waals surface area contributed by atoms with E-state index in [-0.39, 0.29) is 17.7 Å². The summed E-state index contributed by atoms with van der Waals surface area (Å²) in [6.45, 7) is 0. The van der Waals surface area contributed by atoms with Gasteiger partial charge in [-0.1, -0.05) is 43.7 Å². The van der Waals surface area contributed by atoms with Crippen LogP contribution in [0.2, 0.25) is 5.15 Å². The van der Waals surface area contributed by atoms with Crippen molar-refractivity contribution in [2.24, 2.45) is 0 Å². The van der Waals surface area contributed by atoms with Gasteiger partial charge in [0.15, 0.2) is 5.69 Å². The van der Waals surface area contributed by atoms with Crippen molar-refractivity contribution in [1.29, 1.82) is 0 Å². The Balaban J connectivity index is 1.98. The molecule has 5 heteroatoms. The molecule has 0 radical (unpaired) electrons. The molecule has 2 fully saturated rings. The van der Waals surface area contributed by atoms with Gasteiger partial charge in [0.2, 0.25) is 0 Å². The van der Waals surface area contributed by atoms with Crippen LogP contribution in [-0.2, 0) is 0 Å². The lowest BCUT2D eigenvalue weighted by molar-refractivity contribution is 0.0687. The molecule has 2 aliphatic rings. The average Bonchev–Trinajstić information content (AvgIpc) is 3.06. The smallest absolute Gasteiger partial charge is 0.356 e. The number of halogens is 1. The Bertz CT molecular complexity index is 500. The zero-order valence-electron chi connectivity index (χ0n) is 11.6. The van der Waals surface area contributed by atoms with E-state index in [2.05, 4.69) is 5.10 Å². The Morgan fingerprint density at radius 2 is 1.70 bits per heavy atom. The first-order valence-corrected chi connectivity index (χ1v) is 8.07. The monoisotopic (exact) mass is 296 g/mol. The Morgan fingerprint density at radius 1 is 1.10 bits per heavy atom. The molecule has 0 unspecified atom stereocenters. The van der Waals surface area contributed by atoms with Crippen LogP contribution < -0.4 is 0 Å². The molecule has 0 bridgehead atoms. The SMILES string of the molecule is O=C(O)c1nn(C2CCCCC2)c(Cl)c1C1CCCC1. The van der Waals surface area contributed by atoms with E-state index in [9.17, 15) is 9.90 Å². The highest BCUT2D eigenvalue weighted by atomic mass is 35.5. The third kappa shape index (κ3) is 2.46. The molecule has 1 aromatic rings. The summed E-state index contributed by atoms with van der Waals surface area (Å²) in [6.07, 6.45) is 10.1. The normalized spacial score (nSPS) is 21.4. The maximum Gasteiger partial charge on any atom is 0.356 e. The summed E-state index contributed by atoms with van der Waals surface area (Å²) in [5, 5.41) is 14.4. The van der Waals surface area contributed by atoms with Gasteiger partial charge in [-0.2, -0.15) is 5.10 Å². The molecule has 0 aliphatic heterocycles. The Hall–Kier alpha value is -1.03. The minimum absolute atomic E-state index is 0.187. The van der Waals surface area contributed by atoms with Gasteiger partial charge in [-0.3, -0.25) is 0 Å². The van der Waals surface area contributed by atoms with Crippen LogP contribution in [0.15, 0.2) is 0 Å². The fraction of sp³-hybridized carbons (Fsp3) is 0.733. The number of rotatable bonds is 3. The number of hydrogen-bond acceptors (Lipinski definition) is 2. The van der Waals surface area contributed by atoms with Gasteiger partial charge in [-0.05, 0) is 31.6 Å². The van der Waals surface area contributed by atoms with Crippen LogP contribution in [0.3, 0.4) is 0 Å². The molecule has 1 N–H and O–H groups in total. The molecule has 0 atom stereocenters. The molecule has 3 rings (SSSR count). The highest BCUT2D eigenvalue weighted by molar-refractivity contribution is 6.31. The van der Waals surface area contributed by atoms with Crippen molar-refractivity contribution in [2.75, 3.05) is 0 Å². The van der Waals surface area contributed by atoms with Crippen molar-refractivity contribution in [2.45, 2.75) is 69.7 Å². The fourth-order valence-corrected chi connectivity index (χ4v) is 4.15.